The van der Waals surface area contributed by atoms with Crippen molar-refractivity contribution in [2.45, 2.75) is 58.6 Å². The molecule has 122 valence electrons. The number of nitrogens with zero attached hydrogens (tertiary/aromatic N) is 2. The van der Waals surface area contributed by atoms with Crippen LogP contribution in [0.1, 0.15) is 58.6 Å². The number of anilines is 1. The molecule has 2 rings (SSSR count). The van der Waals surface area contributed by atoms with E-state index in [-0.39, 0.29) is 6.09 Å². The molecule has 5 nitrogen and oxygen atoms in total. The van der Waals surface area contributed by atoms with Crippen LogP contribution >= 0.6 is 0 Å². The quantitative estimate of drug-likeness (QED) is 0.926. The number of hydrogen-bond donors (Lipinski definition) is 1. The Morgan fingerprint density at radius 3 is 2.68 bits per heavy atom. The second-order valence-corrected chi connectivity index (χ2v) is 6.68. The summed E-state index contributed by atoms with van der Waals surface area (Å²) in [6.07, 6.45) is 5.14. The molecule has 1 aliphatic heterocycles. The minimum Gasteiger partial charge on any atom is -0.443 e. The molecule has 1 amide bonds. The minimum atomic E-state index is -0.504. The Balaban J connectivity index is 2.08. The lowest BCUT2D eigenvalue weighted by molar-refractivity contribution is 0.0581. The molecule has 1 N–H and O–H groups in total. The molecule has 2 heterocycles. The molecule has 22 heavy (non-hydrogen) atoms. The third-order valence-corrected chi connectivity index (χ3v) is 3.69. The van der Waals surface area contributed by atoms with E-state index < -0.39 is 5.60 Å². The van der Waals surface area contributed by atoms with Crippen LogP contribution in [0, 0.1) is 0 Å². The lowest BCUT2D eigenvalue weighted by Gasteiger charge is -2.27. The topological polar surface area (TPSA) is 54.5 Å². The molecule has 0 aliphatic carbocycles. The maximum atomic E-state index is 12.2. The Hall–Kier alpha value is -1.62. The average Bonchev–Trinajstić information content (AvgIpc) is 2.48. The van der Waals surface area contributed by atoms with E-state index >= 15 is 0 Å². The maximum absolute atomic E-state index is 12.2. The predicted molar refractivity (Wildman–Crippen MR) is 88.1 cm³/mol. The van der Waals surface area contributed by atoms with Gasteiger partial charge in [0, 0.05) is 18.8 Å². The molecule has 5 heteroatoms. The van der Waals surface area contributed by atoms with Crippen LogP contribution in [-0.4, -0.2) is 29.8 Å². The van der Waals surface area contributed by atoms with Crippen molar-refractivity contribution in [2.24, 2.45) is 0 Å². The smallest absolute Gasteiger partial charge is 0.415 e. The zero-order valence-corrected chi connectivity index (χ0v) is 14.1. The molecule has 1 atom stereocenters. The van der Waals surface area contributed by atoms with E-state index in [1.165, 1.54) is 18.4 Å². The lowest BCUT2D eigenvalue weighted by Crippen LogP contribution is -2.37. The van der Waals surface area contributed by atoms with Gasteiger partial charge in [0.25, 0.3) is 0 Å². The minimum absolute atomic E-state index is 0.356. The van der Waals surface area contributed by atoms with E-state index in [2.05, 4.69) is 16.4 Å². The standard InChI is InChI=1S/C17H27N3O2/c1-5-20(16(21)22-17(2,3)4)15-10-9-13(12-19-15)14-8-6-7-11-18-14/h9-10,12,14,18H,5-8,11H2,1-4H3. The summed E-state index contributed by atoms with van der Waals surface area (Å²) < 4.78 is 5.43. The van der Waals surface area contributed by atoms with Gasteiger partial charge in [0.15, 0.2) is 0 Å². The Morgan fingerprint density at radius 2 is 2.18 bits per heavy atom. The van der Waals surface area contributed by atoms with Crippen LogP contribution in [0.15, 0.2) is 18.3 Å². The SMILES string of the molecule is CCN(C(=O)OC(C)(C)C)c1ccc(C2CCCCN2)cn1. The summed E-state index contributed by atoms with van der Waals surface area (Å²) in [5.41, 5.74) is 0.680. The number of amides is 1. The number of rotatable bonds is 3. The van der Waals surface area contributed by atoms with Crippen molar-refractivity contribution in [3.8, 4) is 0 Å². The fraction of sp³-hybridized carbons (Fsp3) is 0.647. The van der Waals surface area contributed by atoms with Crippen molar-refractivity contribution in [1.29, 1.82) is 0 Å². The van der Waals surface area contributed by atoms with Crippen molar-refractivity contribution in [2.75, 3.05) is 18.0 Å². The van der Waals surface area contributed by atoms with Gasteiger partial charge in [0.1, 0.15) is 11.4 Å². The normalized spacial score (nSPS) is 18.8. The number of pyridine rings is 1. The molecule has 0 aromatic carbocycles. The first-order chi connectivity index (χ1) is 10.4. The van der Waals surface area contributed by atoms with Crippen LogP contribution in [0.3, 0.4) is 0 Å². The van der Waals surface area contributed by atoms with E-state index in [9.17, 15) is 4.79 Å². The highest BCUT2D eigenvalue weighted by Crippen LogP contribution is 2.24. The van der Waals surface area contributed by atoms with Gasteiger partial charge in [0.05, 0.1) is 0 Å². The van der Waals surface area contributed by atoms with Gasteiger partial charge in [-0.05, 0) is 58.7 Å². The first-order valence-corrected chi connectivity index (χ1v) is 8.10. The average molecular weight is 305 g/mol. The zero-order chi connectivity index (χ0) is 16.2. The highest BCUT2D eigenvalue weighted by Gasteiger charge is 2.23. The number of piperidine rings is 1. The van der Waals surface area contributed by atoms with Gasteiger partial charge in [-0.1, -0.05) is 12.5 Å². The molecule has 0 radical (unpaired) electrons. The Kier molecular flexibility index (Phi) is 5.40. The van der Waals surface area contributed by atoms with Crippen molar-refractivity contribution >= 4 is 11.9 Å². The number of carbonyl (C=O) groups excluding carboxylic acids is 1. The second kappa shape index (κ2) is 7.09. The summed E-state index contributed by atoms with van der Waals surface area (Å²) in [5, 5.41) is 3.51. The van der Waals surface area contributed by atoms with Crippen molar-refractivity contribution in [3.63, 3.8) is 0 Å². The van der Waals surface area contributed by atoms with Crippen LogP contribution in [0.25, 0.3) is 0 Å². The fourth-order valence-electron chi connectivity index (χ4n) is 2.60. The largest absolute Gasteiger partial charge is 0.443 e. The molecular formula is C17H27N3O2. The molecule has 1 unspecified atom stereocenters. The van der Waals surface area contributed by atoms with E-state index in [4.69, 9.17) is 4.74 Å². The summed E-state index contributed by atoms with van der Waals surface area (Å²) in [5.74, 6) is 0.635. The molecule has 0 bridgehead atoms. The summed E-state index contributed by atoms with van der Waals surface area (Å²) in [4.78, 5) is 18.2. The number of nitrogens with one attached hydrogen (secondary N) is 1. The van der Waals surface area contributed by atoms with E-state index in [0.29, 0.717) is 18.4 Å². The van der Waals surface area contributed by atoms with Gasteiger partial charge < -0.3 is 10.1 Å². The molecule has 0 saturated carbocycles. The number of hydrogen-bond acceptors (Lipinski definition) is 4. The molecular weight excluding hydrogens is 278 g/mol. The molecule has 1 aliphatic rings. The van der Waals surface area contributed by atoms with Crippen LogP contribution < -0.4 is 10.2 Å². The summed E-state index contributed by atoms with van der Waals surface area (Å²) in [6, 6.07) is 4.34. The summed E-state index contributed by atoms with van der Waals surface area (Å²) in [7, 11) is 0. The van der Waals surface area contributed by atoms with Crippen molar-refractivity contribution < 1.29 is 9.53 Å². The van der Waals surface area contributed by atoms with E-state index in [0.717, 1.165) is 13.0 Å². The van der Waals surface area contributed by atoms with Crippen molar-refractivity contribution in [3.05, 3.63) is 23.9 Å². The third kappa shape index (κ3) is 4.44. The van der Waals surface area contributed by atoms with E-state index in [1.54, 1.807) is 4.90 Å². The Morgan fingerprint density at radius 1 is 1.41 bits per heavy atom. The second-order valence-electron chi connectivity index (χ2n) is 6.68. The van der Waals surface area contributed by atoms with E-state index in [1.807, 2.05) is 40.0 Å². The predicted octanol–water partition coefficient (Wildman–Crippen LogP) is 3.66. The van der Waals surface area contributed by atoms with Gasteiger partial charge in [0.2, 0.25) is 0 Å². The fourth-order valence-corrected chi connectivity index (χ4v) is 2.60. The molecule has 1 fully saturated rings. The van der Waals surface area contributed by atoms with Gasteiger partial charge in [-0.3, -0.25) is 4.90 Å². The van der Waals surface area contributed by atoms with Gasteiger partial charge in [-0.25, -0.2) is 9.78 Å². The number of aromatic nitrogens is 1. The summed E-state index contributed by atoms with van der Waals surface area (Å²) >= 11 is 0. The van der Waals surface area contributed by atoms with Crippen LogP contribution in [0.5, 0.6) is 0 Å². The molecule has 1 saturated heterocycles. The Labute approximate surface area is 133 Å². The van der Waals surface area contributed by atoms with Crippen molar-refractivity contribution in [1.82, 2.24) is 10.3 Å². The third-order valence-electron chi connectivity index (χ3n) is 3.69. The highest BCUT2D eigenvalue weighted by atomic mass is 16.6. The zero-order valence-electron chi connectivity index (χ0n) is 14.1. The van der Waals surface area contributed by atoms with Gasteiger partial charge in [-0.15, -0.1) is 0 Å². The van der Waals surface area contributed by atoms with Gasteiger partial charge >= 0.3 is 6.09 Å². The summed E-state index contributed by atoms with van der Waals surface area (Å²) in [6.45, 7) is 9.11. The first-order valence-electron chi connectivity index (χ1n) is 8.10. The Bertz CT molecular complexity index is 488. The van der Waals surface area contributed by atoms with Crippen LogP contribution in [0.4, 0.5) is 10.6 Å². The van der Waals surface area contributed by atoms with Gasteiger partial charge in [-0.2, -0.15) is 0 Å². The number of ether oxygens (including phenoxy) is 1. The number of carbonyl (C=O) groups is 1. The monoisotopic (exact) mass is 305 g/mol. The maximum Gasteiger partial charge on any atom is 0.415 e. The highest BCUT2D eigenvalue weighted by molar-refractivity contribution is 5.86. The first kappa shape index (κ1) is 16.7. The van der Waals surface area contributed by atoms with Crippen LogP contribution in [0.2, 0.25) is 0 Å². The molecule has 1 aromatic heterocycles. The molecule has 1 aromatic rings. The molecule has 0 spiro atoms. The lowest BCUT2D eigenvalue weighted by atomic mass is 9.99. The van der Waals surface area contributed by atoms with Crippen LogP contribution in [-0.2, 0) is 4.74 Å².